The minimum Gasteiger partial charge on any atom is -0.395 e. The van der Waals surface area contributed by atoms with Crippen LogP contribution in [-0.2, 0) is 33.3 Å². The molecule has 3 aromatic rings. The van der Waals surface area contributed by atoms with Crippen molar-refractivity contribution in [2.45, 2.75) is 57.0 Å². The Morgan fingerprint density at radius 1 is 1.17 bits per heavy atom. The Labute approximate surface area is 207 Å². The Balaban J connectivity index is 1.57. The van der Waals surface area contributed by atoms with Gasteiger partial charge in [-0.2, -0.15) is 0 Å². The van der Waals surface area contributed by atoms with Crippen molar-refractivity contribution in [3.05, 3.63) is 48.0 Å². The third kappa shape index (κ3) is 6.19. The predicted octanol–water partition coefficient (Wildman–Crippen LogP) is 3.04. The van der Waals surface area contributed by atoms with Gasteiger partial charge in [0, 0.05) is 44.5 Å². The van der Waals surface area contributed by atoms with Gasteiger partial charge in [0.25, 0.3) is 10.0 Å². The molecule has 35 heavy (non-hydrogen) atoms. The number of ether oxygens (including phenoxy) is 1. The Kier molecular flexibility index (Phi) is 7.75. The number of rotatable bonds is 9. The monoisotopic (exact) mass is 501 g/mol. The van der Waals surface area contributed by atoms with Crippen LogP contribution in [-0.4, -0.2) is 54.4 Å². The van der Waals surface area contributed by atoms with Crippen molar-refractivity contribution < 1.29 is 18.3 Å². The molecule has 1 aliphatic rings. The van der Waals surface area contributed by atoms with Gasteiger partial charge in [-0.15, -0.1) is 0 Å². The fourth-order valence-electron chi connectivity index (χ4n) is 4.32. The summed E-state index contributed by atoms with van der Waals surface area (Å²) < 4.78 is 36.4. The molecule has 4 rings (SSSR count). The van der Waals surface area contributed by atoms with Crippen LogP contribution < -0.4 is 10.0 Å². The van der Waals surface area contributed by atoms with Gasteiger partial charge in [-0.05, 0) is 49.1 Å². The standard InChI is InChI=1S/C25H35N5O4S/c1-25(2,3)24-28-22-14-19(5-7-23(22)30(24)17-18-8-12-34-13-9-18)29-35(32,33)21-6-4-20(27-16-21)15-26-10-11-31/h4-7,14,16,18,26,29,31H,8-13,15,17H2,1-3H3. The number of hydrogen-bond acceptors (Lipinski definition) is 7. The number of aliphatic hydroxyl groups excluding tert-OH is 1. The first-order valence-corrected chi connectivity index (χ1v) is 13.5. The predicted molar refractivity (Wildman–Crippen MR) is 136 cm³/mol. The summed E-state index contributed by atoms with van der Waals surface area (Å²) in [6.45, 7) is 9.85. The first-order valence-electron chi connectivity index (χ1n) is 12.1. The Hall–Kier alpha value is -2.53. The minimum atomic E-state index is -3.80. The summed E-state index contributed by atoms with van der Waals surface area (Å²) in [5.41, 5.74) is 2.78. The number of aliphatic hydroxyl groups is 1. The summed E-state index contributed by atoms with van der Waals surface area (Å²) in [6, 6.07) is 8.72. The normalized spacial score (nSPS) is 15.5. The Morgan fingerprint density at radius 3 is 2.60 bits per heavy atom. The molecule has 10 heteroatoms. The molecule has 3 N–H and O–H groups in total. The lowest BCUT2D eigenvalue weighted by Crippen LogP contribution is -2.25. The largest absolute Gasteiger partial charge is 0.395 e. The highest BCUT2D eigenvalue weighted by atomic mass is 32.2. The van der Waals surface area contributed by atoms with Gasteiger partial charge in [-0.3, -0.25) is 9.71 Å². The maximum absolute atomic E-state index is 13.0. The van der Waals surface area contributed by atoms with Crippen molar-refractivity contribution in [1.82, 2.24) is 19.9 Å². The third-order valence-electron chi connectivity index (χ3n) is 6.16. The van der Waals surface area contributed by atoms with Gasteiger partial charge in [0.15, 0.2) is 0 Å². The van der Waals surface area contributed by atoms with Crippen LogP contribution in [0, 0.1) is 5.92 Å². The van der Waals surface area contributed by atoms with Gasteiger partial charge in [0.05, 0.1) is 29.0 Å². The Bertz CT molecular complexity index is 1240. The zero-order chi connectivity index (χ0) is 25.1. The summed E-state index contributed by atoms with van der Waals surface area (Å²) in [5, 5.41) is 11.9. The molecule has 0 saturated carbocycles. The van der Waals surface area contributed by atoms with Crippen LogP contribution in [0.4, 0.5) is 5.69 Å². The average molecular weight is 502 g/mol. The maximum atomic E-state index is 13.0. The van der Waals surface area contributed by atoms with E-state index in [0.717, 1.165) is 49.5 Å². The maximum Gasteiger partial charge on any atom is 0.263 e. The minimum absolute atomic E-state index is 0.0335. The van der Waals surface area contributed by atoms with Gasteiger partial charge in [-0.25, -0.2) is 13.4 Å². The fraction of sp³-hybridized carbons (Fsp3) is 0.520. The van der Waals surface area contributed by atoms with Gasteiger partial charge >= 0.3 is 0 Å². The molecule has 0 amide bonds. The number of fused-ring (bicyclic) bond motifs is 1. The Morgan fingerprint density at radius 2 is 1.94 bits per heavy atom. The molecule has 9 nitrogen and oxygen atoms in total. The van der Waals surface area contributed by atoms with Crippen LogP contribution in [0.3, 0.4) is 0 Å². The van der Waals surface area contributed by atoms with Crippen LogP contribution in [0.1, 0.15) is 45.1 Å². The van der Waals surface area contributed by atoms with E-state index in [-0.39, 0.29) is 16.9 Å². The first kappa shape index (κ1) is 25.6. The fourth-order valence-corrected chi connectivity index (χ4v) is 5.32. The number of benzene rings is 1. The first-order chi connectivity index (χ1) is 16.7. The van der Waals surface area contributed by atoms with Crippen molar-refractivity contribution in [2.75, 3.05) is 31.1 Å². The number of hydrogen-bond donors (Lipinski definition) is 3. The second-order valence-corrected chi connectivity index (χ2v) is 11.7. The highest BCUT2D eigenvalue weighted by Crippen LogP contribution is 2.31. The molecule has 0 aliphatic carbocycles. The number of anilines is 1. The van der Waals surface area contributed by atoms with Crippen LogP contribution in [0.15, 0.2) is 41.4 Å². The molecule has 2 aromatic heterocycles. The highest BCUT2D eigenvalue weighted by Gasteiger charge is 2.26. The number of nitrogens with zero attached hydrogens (tertiary/aromatic N) is 3. The summed E-state index contributed by atoms with van der Waals surface area (Å²) in [6.07, 6.45) is 3.41. The van der Waals surface area contributed by atoms with Gasteiger partial charge in [0.2, 0.25) is 0 Å². The second kappa shape index (κ2) is 10.6. The van der Waals surface area contributed by atoms with E-state index in [1.807, 2.05) is 6.07 Å². The number of nitrogens with one attached hydrogen (secondary N) is 2. The van der Waals surface area contributed by atoms with Gasteiger partial charge < -0.3 is 19.7 Å². The van der Waals surface area contributed by atoms with E-state index in [2.05, 4.69) is 40.4 Å². The highest BCUT2D eigenvalue weighted by molar-refractivity contribution is 7.92. The molecule has 0 unspecified atom stereocenters. The molecule has 3 heterocycles. The number of pyridine rings is 1. The molecule has 1 fully saturated rings. The van der Waals surface area contributed by atoms with E-state index in [4.69, 9.17) is 14.8 Å². The number of sulfonamides is 1. The van der Waals surface area contributed by atoms with Gasteiger partial charge in [-0.1, -0.05) is 20.8 Å². The number of imidazole rings is 1. The van der Waals surface area contributed by atoms with Crippen molar-refractivity contribution in [3.8, 4) is 0 Å². The van der Waals surface area contributed by atoms with Crippen molar-refractivity contribution in [3.63, 3.8) is 0 Å². The van der Waals surface area contributed by atoms with Crippen LogP contribution >= 0.6 is 0 Å². The molecular weight excluding hydrogens is 466 g/mol. The molecule has 0 bridgehead atoms. The summed E-state index contributed by atoms with van der Waals surface area (Å²) in [4.78, 5) is 9.22. The zero-order valence-corrected chi connectivity index (χ0v) is 21.4. The average Bonchev–Trinajstić information content (AvgIpc) is 3.18. The summed E-state index contributed by atoms with van der Waals surface area (Å²) in [5.74, 6) is 1.53. The van der Waals surface area contributed by atoms with Crippen molar-refractivity contribution in [1.29, 1.82) is 0 Å². The van der Waals surface area contributed by atoms with E-state index < -0.39 is 10.0 Å². The molecular formula is C25H35N5O4S. The smallest absolute Gasteiger partial charge is 0.263 e. The second-order valence-electron chi connectivity index (χ2n) is 10.0. The summed E-state index contributed by atoms with van der Waals surface area (Å²) >= 11 is 0. The third-order valence-corrected chi connectivity index (χ3v) is 7.52. The topological polar surface area (TPSA) is 118 Å². The van der Waals surface area contributed by atoms with Crippen LogP contribution in [0.25, 0.3) is 11.0 Å². The van der Waals surface area contributed by atoms with E-state index in [1.54, 1.807) is 18.2 Å². The van der Waals surface area contributed by atoms with E-state index in [1.165, 1.54) is 12.3 Å². The molecule has 0 radical (unpaired) electrons. The van der Waals surface area contributed by atoms with E-state index in [0.29, 0.717) is 30.4 Å². The molecule has 0 atom stereocenters. The summed E-state index contributed by atoms with van der Waals surface area (Å²) in [7, 11) is -3.80. The van der Waals surface area contributed by atoms with Gasteiger partial charge in [0.1, 0.15) is 10.7 Å². The SMILES string of the molecule is CC(C)(C)c1nc2cc(NS(=O)(=O)c3ccc(CNCCO)nc3)ccc2n1CC1CCOCC1. The molecule has 0 spiro atoms. The lowest BCUT2D eigenvalue weighted by molar-refractivity contribution is 0.0611. The molecule has 1 aliphatic heterocycles. The molecule has 1 saturated heterocycles. The van der Waals surface area contributed by atoms with Crippen LogP contribution in [0.5, 0.6) is 0 Å². The number of aromatic nitrogens is 3. The zero-order valence-electron chi connectivity index (χ0n) is 20.6. The molecule has 1 aromatic carbocycles. The lowest BCUT2D eigenvalue weighted by Gasteiger charge is -2.26. The van der Waals surface area contributed by atoms with Crippen molar-refractivity contribution in [2.24, 2.45) is 5.92 Å². The van der Waals surface area contributed by atoms with Crippen LogP contribution in [0.2, 0.25) is 0 Å². The lowest BCUT2D eigenvalue weighted by atomic mass is 9.94. The van der Waals surface area contributed by atoms with Crippen molar-refractivity contribution >= 4 is 26.7 Å². The van der Waals surface area contributed by atoms with E-state index >= 15 is 0 Å². The quantitative estimate of drug-likeness (QED) is 0.386. The van der Waals surface area contributed by atoms with E-state index in [9.17, 15) is 8.42 Å². The molecule has 190 valence electrons.